The molecule has 1 aliphatic rings. The Hall–Kier alpha value is -1.84. The third-order valence-electron chi connectivity index (χ3n) is 4.12. The Morgan fingerprint density at radius 1 is 1.33 bits per heavy atom. The van der Waals surface area contributed by atoms with Crippen molar-refractivity contribution in [1.82, 2.24) is 10.6 Å². The van der Waals surface area contributed by atoms with Gasteiger partial charge in [-0.3, -0.25) is 9.59 Å². The van der Waals surface area contributed by atoms with Gasteiger partial charge < -0.3 is 10.6 Å². The van der Waals surface area contributed by atoms with E-state index in [-0.39, 0.29) is 23.8 Å². The van der Waals surface area contributed by atoms with Crippen LogP contribution in [0, 0.1) is 5.92 Å². The summed E-state index contributed by atoms with van der Waals surface area (Å²) in [6, 6.07) is 7.60. The monoisotopic (exact) mass is 288 g/mol. The lowest BCUT2D eigenvalue weighted by Gasteiger charge is -2.24. The number of carbonyl (C=O) groups is 2. The van der Waals surface area contributed by atoms with Crippen molar-refractivity contribution in [3.63, 3.8) is 0 Å². The highest BCUT2D eigenvalue weighted by molar-refractivity contribution is 5.94. The Bertz CT molecular complexity index is 509. The van der Waals surface area contributed by atoms with Crippen LogP contribution in [0.15, 0.2) is 24.3 Å². The predicted octanol–water partition coefficient (Wildman–Crippen LogP) is 2.63. The molecule has 2 rings (SSSR count). The molecule has 2 N–H and O–H groups in total. The van der Waals surface area contributed by atoms with Gasteiger partial charge in [0.2, 0.25) is 5.91 Å². The van der Waals surface area contributed by atoms with Gasteiger partial charge in [0.25, 0.3) is 5.91 Å². The smallest absolute Gasteiger partial charge is 0.251 e. The zero-order valence-corrected chi connectivity index (χ0v) is 12.8. The second kappa shape index (κ2) is 7.25. The molecular weight excluding hydrogens is 264 g/mol. The largest absolute Gasteiger partial charge is 0.352 e. The number of hydrogen-bond acceptors (Lipinski definition) is 2. The van der Waals surface area contributed by atoms with Crippen LogP contribution in [0.3, 0.4) is 0 Å². The molecule has 114 valence electrons. The van der Waals surface area contributed by atoms with E-state index in [4.69, 9.17) is 0 Å². The van der Waals surface area contributed by atoms with E-state index in [9.17, 15) is 9.59 Å². The van der Waals surface area contributed by atoms with Crippen LogP contribution in [0.1, 0.15) is 55.5 Å². The zero-order chi connectivity index (χ0) is 15.2. The quantitative estimate of drug-likeness (QED) is 0.845. The van der Waals surface area contributed by atoms with Gasteiger partial charge in [0, 0.05) is 24.1 Å². The van der Waals surface area contributed by atoms with Gasteiger partial charge in [-0.25, -0.2) is 0 Å². The van der Waals surface area contributed by atoms with Gasteiger partial charge in [0.1, 0.15) is 0 Å². The topological polar surface area (TPSA) is 58.2 Å². The molecule has 2 amide bonds. The summed E-state index contributed by atoms with van der Waals surface area (Å²) >= 11 is 0. The van der Waals surface area contributed by atoms with Crippen molar-refractivity contribution in [1.29, 1.82) is 0 Å². The Morgan fingerprint density at radius 2 is 2.10 bits per heavy atom. The summed E-state index contributed by atoms with van der Waals surface area (Å²) in [6.45, 7) is 4.51. The molecule has 1 aromatic rings. The van der Waals surface area contributed by atoms with Gasteiger partial charge in [-0.05, 0) is 43.9 Å². The number of benzene rings is 1. The molecular formula is C17H24N2O2. The first-order valence-electron chi connectivity index (χ1n) is 7.77. The number of carbonyl (C=O) groups excluding carboxylic acids is 2. The minimum absolute atomic E-state index is 0.0588. The summed E-state index contributed by atoms with van der Waals surface area (Å²) < 4.78 is 0. The van der Waals surface area contributed by atoms with Crippen molar-refractivity contribution in [2.75, 3.05) is 0 Å². The Labute approximate surface area is 126 Å². The molecule has 1 fully saturated rings. The second-order valence-electron chi connectivity index (χ2n) is 5.83. The SMILES string of the molecule is CC[C@@H](C)NC(=O)c1cccc(CNC(=O)C2CCC2)c1. The standard InChI is InChI=1S/C17H24N2O2/c1-3-12(2)19-17(21)15-9-4-6-13(10-15)11-18-16(20)14-7-5-8-14/h4,6,9-10,12,14H,3,5,7-8,11H2,1-2H3,(H,18,20)(H,19,21)/t12-/m1/s1. The van der Waals surface area contributed by atoms with Crippen molar-refractivity contribution >= 4 is 11.8 Å². The number of hydrogen-bond donors (Lipinski definition) is 2. The molecule has 1 atom stereocenters. The maximum atomic E-state index is 12.1. The van der Waals surface area contributed by atoms with E-state index in [1.165, 1.54) is 0 Å². The highest BCUT2D eigenvalue weighted by Crippen LogP contribution is 2.26. The van der Waals surface area contributed by atoms with E-state index < -0.39 is 0 Å². The molecule has 21 heavy (non-hydrogen) atoms. The highest BCUT2D eigenvalue weighted by atomic mass is 16.2. The first kappa shape index (κ1) is 15.5. The fourth-order valence-electron chi connectivity index (χ4n) is 2.24. The molecule has 4 nitrogen and oxygen atoms in total. The zero-order valence-electron chi connectivity index (χ0n) is 12.8. The molecule has 0 spiro atoms. The van der Waals surface area contributed by atoms with Crippen molar-refractivity contribution in [2.45, 2.75) is 52.1 Å². The Morgan fingerprint density at radius 3 is 2.71 bits per heavy atom. The molecule has 0 heterocycles. The van der Waals surface area contributed by atoms with Crippen molar-refractivity contribution < 1.29 is 9.59 Å². The van der Waals surface area contributed by atoms with E-state index in [1.807, 2.05) is 32.0 Å². The van der Waals surface area contributed by atoms with E-state index in [0.29, 0.717) is 12.1 Å². The molecule has 0 saturated heterocycles. The van der Waals surface area contributed by atoms with Gasteiger partial charge in [-0.15, -0.1) is 0 Å². The molecule has 1 aliphatic carbocycles. The normalized spacial score (nSPS) is 15.9. The molecule has 4 heteroatoms. The van der Waals surface area contributed by atoms with Gasteiger partial charge in [0.15, 0.2) is 0 Å². The lowest BCUT2D eigenvalue weighted by Crippen LogP contribution is -2.34. The first-order chi connectivity index (χ1) is 10.1. The van der Waals surface area contributed by atoms with Crippen LogP contribution in [-0.2, 0) is 11.3 Å². The minimum Gasteiger partial charge on any atom is -0.352 e. The lowest BCUT2D eigenvalue weighted by molar-refractivity contribution is -0.127. The van der Waals surface area contributed by atoms with Crippen molar-refractivity contribution in [3.8, 4) is 0 Å². The summed E-state index contributed by atoms with van der Waals surface area (Å²) in [5.74, 6) is 0.272. The van der Waals surface area contributed by atoms with Crippen LogP contribution < -0.4 is 10.6 Å². The molecule has 0 aliphatic heterocycles. The molecule has 0 bridgehead atoms. The third kappa shape index (κ3) is 4.31. The van der Waals surface area contributed by atoms with E-state index >= 15 is 0 Å². The van der Waals surface area contributed by atoms with Crippen LogP contribution in [0.25, 0.3) is 0 Å². The van der Waals surface area contributed by atoms with Crippen LogP contribution in [0.2, 0.25) is 0 Å². The fourth-order valence-corrected chi connectivity index (χ4v) is 2.24. The van der Waals surface area contributed by atoms with E-state index in [0.717, 1.165) is 31.2 Å². The van der Waals surface area contributed by atoms with Crippen LogP contribution in [0.4, 0.5) is 0 Å². The molecule has 1 aromatic carbocycles. The second-order valence-corrected chi connectivity index (χ2v) is 5.83. The van der Waals surface area contributed by atoms with E-state index in [2.05, 4.69) is 10.6 Å². The molecule has 0 radical (unpaired) electrons. The summed E-state index contributed by atoms with van der Waals surface area (Å²) in [5.41, 5.74) is 1.60. The van der Waals surface area contributed by atoms with Gasteiger partial charge >= 0.3 is 0 Å². The number of rotatable bonds is 6. The Kier molecular flexibility index (Phi) is 5.37. The van der Waals surface area contributed by atoms with Crippen molar-refractivity contribution in [2.24, 2.45) is 5.92 Å². The average molecular weight is 288 g/mol. The maximum absolute atomic E-state index is 12.1. The van der Waals surface area contributed by atoms with Crippen LogP contribution in [-0.4, -0.2) is 17.9 Å². The lowest BCUT2D eigenvalue weighted by atomic mass is 9.85. The van der Waals surface area contributed by atoms with E-state index in [1.54, 1.807) is 6.07 Å². The van der Waals surface area contributed by atoms with Gasteiger partial charge in [0.05, 0.1) is 0 Å². The summed E-state index contributed by atoms with van der Waals surface area (Å²) in [5, 5.41) is 5.90. The number of amides is 2. The van der Waals surface area contributed by atoms with Gasteiger partial charge in [-0.2, -0.15) is 0 Å². The summed E-state index contributed by atoms with van der Waals surface area (Å²) in [6.07, 6.45) is 4.07. The average Bonchev–Trinajstić information content (AvgIpc) is 2.43. The Balaban J connectivity index is 1.90. The van der Waals surface area contributed by atoms with Crippen LogP contribution in [0.5, 0.6) is 0 Å². The highest BCUT2D eigenvalue weighted by Gasteiger charge is 2.24. The molecule has 0 unspecified atom stereocenters. The maximum Gasteiger partial charge on any atom is 0.251 e. The van der Waals surface area contributed by atoms with Crippen molar-refractivity contribution in [3.05, 3.63) is 35.4 Å². The predicted molar refractivity (Wildman–Crippen MR) is 82.8 cm³/mol. The summed E-state index contributed by atoms with van der Waals surface area (Å²) in [7, 11) is 0. The minimum atomic E-state index is -0.0588. The van der Waals surface area contributed by atoms with Crippen LogP contribution >= 0.6 is 0 Å². The third-order valence-corrected chi connectivity index (χ3v) is 4.12. The van der Waals surface area contributed by atoms with Gasteiger partial charge in [-0.1, -0.05) is 25.5 Å². The fraction of sp³-hybridized carbons (Fsp3) is 0.529. The number of nitrogens with one attached hydrogen (secondary N) is 2. The first-order valence-corrected chi connectivity index (χ1v) is 7.77. The summed E-state index contributed by atoms with van der Waals surface area (Å²) in [4.78, 5) is 23.9. The molecule has 0 aromatic heterocycles. The molecule has 1 saturated carbocycles.